The average Bonchev–Trinajstić information content (AvgIpc) is 2.49. The van der Waals surface area contributed by atoms with Crippen molar-refractivity contribution in [2.75, 3.05) is 13.2 Å². The summed E-state index contributed by atoms with van der Waals surface area (Å²) in [6.07, 6.45) is 7.93. The van der Waals surface area contributed by atoms with Crippen molar-refractivity contribution in [1.82, 2.24) is 0 Å². The number of hydrogen-bond donors (Lipinski definition) is 1. The third kappa shape index (κ3) is 5.59. The summed E-state index contributed by atoms with van der Waals surface area (Å²) in [5, 5.41) is 0. The molecule has 1 aliphatic rings. The van der Waals surface area contributed by atoms with E-state index in [0.717, 1.165) is 38.0 Å². The predicted molar refractivity (Wildman–Crippen MR) is 85.1 cm³/mol. The first-order chi connectivity index (χ1) is 10.1. The molecule has 1 fully saturated rings. The highest BCUT2D eigenvalue weighted by molar-refractivity contribution is 5.74. The minimum absolute atomic E-state index is 0.233. The van der Waals surface area contributed by atoms with E-state index < -0.39 is 6.10 Å². The minimum Gasteiger partial charge on any atom is -0.464 e. The number of carbonyl (C=O) groups excluding carboxylic acids is 1. The van der Waals surface area contributed by atoms with Crippen molar-refractivity contribution in [3.8, 4) is 0 Å². The van der Waals surface area contributed by atoms with Crippen LogP contribution in [0.15, 0.2) is 0 Å². The SMILES string of the molecule is CCCC1CCC(CN)(OC(CCC)C(=O)OCC)CC1. The molecule has 2 N–H and O–H groups in total. The van der Waals surface area contributed by atoms with Gasteiger partial charge in [-0.25, -0.2) is 4.79 Å². The van der Waals surface area contributed by atoms with Gasteiger partial charge in [-0.05, 0) is 44.9 Å². The van der Waals surface area contributed by atoms with Crippen molar-refractivity contribution in [1.29, 1.82) is 0 Å². The van der Waals surface area contributed by atoms with Crippen LogP contribution in [0, 0.1) is 5.92 Å². The van der Waals surface area contributed by atoms with E-state index in [1.165, 1.54) is 12.8 Å². The van der Waals surface area contributed by atoms with Crippen LogP contribution in [0.1, 0.15) is 72.1 Å². The van der Waals surface area contributed by atoms with Crippen LogP contribution in [-0.4, -0.2) is 30.8 Å². The van der Waals surface area contributed by atoms with Crippen LogP contribution in [0.5, 0.6) is 0 Å². The van der Waals surface area contributed by atoms with Crippen LogP contribution in [0.4, 0.5) is 0 Å². The van der Waals surface area contributed by atoms with E-state index in [0.29, 0.717) is 19.6 Å². The Balaban J connectivity index is 2.63. The van der Waals surface area contributed by atoms with E-state index in [4.69, 9.17) is 15.2 Å². The lowest BCUT2D eigenvalue weighted by molar-refractivity contribution is -0.175. The molecule has 0 heterocycles. The zero-order valence-electron chi connectivity index (χ0n) is 14.0. The quantitative estimate of drug-likeness (QED) is 0.663. The lowest BCUT2D eigenvalue weighted by Crippen LogP contribution is -2.48. The molecule has 0 saturated heterocycles. The van der Waals surface area contributed by atoms with E-state index in [-0.39, 0.29) is 11.6 Å². The number of carbonyl (C=O) groups is 1. The topological polar surface area (TPSA) is 61.5 Å². The molecular formula is C17H33NO3. The second-order valence-electron chi connectivity index (χ2n) is 6.27. The van der Waals surface area contributed by atoms with Crippen LogP contribution in [0.2, 0.25) is 0 Å². The summed E-state index contributed by atoms with van der Waals surface area (Å²) in [7, 11) is 0. The fourth-order valence-electron chi connectivity index (χ4n) is 3.29. The highest BCUT2D eigenvalue weighted by Crippen LogP contribution is 2.37. The van der Waals surface area contributed by atoms with Crippen molar-refractivity contribution in [3.05, 3.63) is 0 Å². The monoisotopic (exact) mass is 299 g/mol. The van der Waals surface area contributed by atoms with Crippen LogP contribution in [0.3, 0.4) is 0 Å². The molecular weight excluding hydrogens is 266 g/mol. The van der Waals surface area contributed by atoms with Gasteiger partial charge in [0.1, 0.15) is 0 Å². The smallest absolute Gasteiger partial charge is 0.335 e. The number of ether oxygens (including phenoxy) is 2. The average molecular weight is 299 g/mol. The van der Waals surface area contributed by atoms with Crippen molar-refractivity contribution in [3.63, 3.8) is 0 Å². The minimum atomic E-state index is -0.457. The summed E-state index contributed by atoms with van der Waals surface area (Å²) in [4.78, 5) is 12.0. The molecule has 1 aliphatic carbocycles. The van der Waals surface area contributed by atoms with E-state index in [9.17, 15) is 4.79 Å². The lowest BCUT2D eigenvalue weighted by atomic mass is 9.77. The summed E-state index contributed by atoms with van der Waals surface area (Å²) >= 11 is 0. The van der Waals surface area contributed by atoms with Gasteiger partial charge < -0.3 is 15.2 Å². The Morgan fingerprint density at radius 2 is 1.90 bits per heavy atom. The van der Waals surface area contributed by atoms with Crippen molar-refractivity contribution >= 4 is 5.97 Å². The first-order valence-corrected chi connectivity index (χ1v) is 8.65. The molecule has 0 amide bonds. The molecule has 1 rings (SSSR count). The second-order valence-corrected chi connectivity index (χ2v) is 6.27. The molecule has 1 saturated carbocycles. The number of hydrogen-bond acceptors (Lipinski definition) is 4. The Morgan fingerprint density at radius 1 is 1.24 bits per heavy atom. The standard InChI is InChI=1S/C17H33NO3/c1-4-7-14-9-11-17(13-18,12-10-14)21-15(8-5-2)16(19)20-6-3/h14-15H,4-13,18H2,1-3H3. The summed E-state index contributed by atoms with van der Waals surface area (Å²) in [6.45, 7) is 7.01. The van der Waals surface area contributed by atoms with Crippen LogP contribution in [0.25, 0.3) is 0 Å². The van der Waals surface area contributed by atoms with Crippen molar-refractivity contribution < 1.29 is 14.3 Å². The molecule has 21 heavy (non-hydrogen) atoms. The molecule has 4 heteroatoms. The van der Waals surface area contributed by atoms with E-state index in [1.807, 2.05) is 6.92 Å². The fraction of sp³-hybridized carbons (Fsp3) is 0.941. The van der Waals surface area contributed by atoms with E-state index >= 15 is 0 Å². The summed E-state index contributed by atoms with van der Waals surface area (Å²) < 4.78 is 11.4. The van der Waals surface area contributed by atoms with Crippen LogP contribution < -0.4 is 5.73 Å². The maximum Gasteiger partial charge on any atom is 0.335 e. The molecule has 0 bridgehead atoms. The maximum atomic E-state index is 12.0. The lowest BCUT2D eigenvalue weighted by Gasteiger charge is -2.41. The molecule has 0 aromatic heterocycles. The Kier molecular flexibility index (Phi) is 8.27. The largest absolute Gasteiger partial charge is 0.464 e. The summed E-state index contributed by atoms with van der Waals surface area (Å²) in [6, 6.07) is 0. The Labute approximate surface area is 129 Å². The highest BCUT2D eigenvalue weighted by atomic mass is 16.6. The molecule has 0 aliphatic heterocycles. The van der Waals surface area contributed by atoms with Gasteiger partial charge in [-0.15, -0.1) is 0 Å². The van der Waals surface area contributed by atoms with Crippen molar-refractivity contribution in [2.45, 2.75) is 83.8 Å². The Bertz CT molecular complexity index is 298. The first kappa shape index (κ1) is 18.4. The van der Waals surface area contributed by atoms with E-state index in [1.54, 1.807) is 0 Å². The van der Waals surface area contributed by atoms with Crippen LogP contribution >= 0.6 is 0 Å². The zero-order chi connectivity index (χ0) is 15.7. The molecule has 124 valence electrons. The highest BCUT2D eigenvalue weighted by Gasteiger charge is 2.38. The van der Waals surface area contributed by atoms with E-state index in [2.05, 4.69) is 13.8 Å². The second kappa shape index (κ2) is 9.42. The third-order valence-electron chi connectivity index (χ3n) is 4.58. The van der Waals surface area contributed by atoms with Gasteiger partial charge in [0.2, 0.25) is 0 Å². The first-order valence-electron chi connectivity index (χ1n) is 8.65. The number of rotatable bonds is 9. The fourth-order valence-corrected chi connectivity index (χ4v) is 3.29. The van der Waals surface area contributed by atoms with Gasteiger partial charge in [-0.2, -0.15) is 0 Å². The molecule has 1 unspecified atom stereocenters. The molecule has 0 aromatic carbocycles. The summed E-state index contributed by atoms with van der Waals surface area (Å²) in [5.74, 6) is 0.563. The van der Waals surface area contributed by atoms with Gasteiger partial charge in [0, 0.05) is 6.54 Å². The number of nitrogens with two attached hydrogens (primary N) is 1. The normalized spacial score (nSPS) is 27.3. The zero-order valence-corrected chi connectivity index (χ0v) is 14.0. The van der Waals surface area contributed by atoms with Gasteiger partial charge in [-0.1, -0.05) is 33.1 Å². The number of esters is 1. The Hall–Kier alpha value is -0.610. The van der Waals surface area contributed by atoms with Gasteiger partial charge in [0.05, 0.1) is 12.2 Å². The maximum absolute atomic E-state index is 12.0. The van der Waals surface area contributed by atoms with Gasteiger partial charge in [0.15, 0.2) is 6.10 Å². The molecule has 4 nitrogen and oxygen atoms in total. The van der Waals surface area contributed by atoms with Crippen molar-refractivity contribution in [2.24, 2.45) is 11.7 Å². The third-order valence-corrected chi connectivity index (χ3v) is 4.58. The van der Waals surface area contributed by atoms with Gasteiger partial charge in [-0.3, -0.25) is 0 Å². The van der Waals surface area contributed by atoms with Gasteiger partial charge in [0.25, 0.3) is 0 Å². The molecule has 0 radical (unpaired) electrons. The summed E-state index contributed by atoms with van der Waals surface area (Å²) in [5.41, 5.74) is 5.68. The van der Waals surface area contributed by atoms with Crippen LogP contribution in [-0.2, 0) is 14.3 Å². The molecule has 1 atom stereocenters. The Morgan fingerprint density at radius 3 is 2.38 bits per heavy atom. The molecule has 0 spiro atoms. The molecule has 0 aromatic rings. The van der Waals surface area contributed by atoms with Gasteiger partial charge >= 0.3 is 5.97 Å². The predicted octanol–water partition coefficient (Wildman–Crippen LogP) is 3.42.